The van der Waals surface area contributed by atoms with Gasteiger partial charge in [-0.1, -0.05) is 6.07 Å². The monoisotopic (exact) mass is 271 g/mol. The number of carbonyl (C=O) groups excluding carboxylic acids is 1. The van der Waals surface area contributed by atoms with Gasteiger partial charge in [0, 0.05) is 31.6 Å². The highest BCUT2D eigenvalue weighted by Gasteiger charge is 2.13. The van der Waals surface area contributed by atoms with Gasteiger partial charge in [0.25, 0.3) is 5.91 Å². The van der Waals surface area contributed by atoms with Crippen molar-refractivity contribution in [2.24, 2.45) is 0 Å². The Morgan fingerprint density at radius 3 is 3.05 bits per heavy atom. The van der Waals surface area contributed by atoms with Crippen molar-refractivity contribution >= 4 is 5.91 Å². The highest BCUT2D eigenvalue weighted by molar-refractivity contribution is 5.94. The number of nitrogens with one attached hydrogen (secondary N) is 3. The first-order valence-corrected chi connectivity index (χ1v) is 6.78. The average Bonchev–Trinajstić information content (AvgIpc) is 3.13. The zero-order chi connectivity index (χ0) is 13.8. The lowest BCUT2D eigenvalue weighted by Crippen LogP contribution is -2.25. The van der Waals surface area contributed by atoms with Gasteiger partial charge in [0.2, 0.25) is 0 Å². The fraction of sp³-hybridized carbons (Fsp3) is 0.357. The van der Waals surface area contributed by atoms with Crippen LogP contribution in [0.25, 0.3) is 0 Å². The number of hydrogen-bond donors (Lipinski definition) is 3. The molecule has 0 bridgehead atoms. The van der Waals surface area contributed by atoms with E-state index in [1.54, 1.807) is 0 Å². The Labute approximate surface area is 117 Å². The molecule has 0 spiro atoms. The summed E-state index contributed by atoms with van der Waals surface area (Å²) in [5.74, 6) is 0.833. The number of rotatable bonds is 5. The molecule has 0 saturated carbocycles. The Hall–Kier alpha value is -2.21. The lowest BCUT2D eigenvalue weighted by Gasteiger charge is -2.06. The van der Waals surface area contributed by atoms with Crippen LogP contribution in [0, 0.1) is 0 Å². The molecule has 3 N–H and O–H groups in total. The van der Waals surface area contributed by atoms with Crippen LogP contribution in [0.3, 0.4) is 0 Å². The molecule has 6 nitrogen and oxygen atoms in total. The topological polar surface area (TPSA) is 82.7 Å². The first-order valence-electron chi connectivity index (χ1n) is 6.78. The van der Waals surface area contributed by atoms with E-state index in [0.717, 1.165) is 37.3 Å². The molecule has 0 unspecified atom stereocenters. The Balaban J connectivity index is 1.49. The predicted octanol–water partition coefficient (Wildman–Crippen LogP) is 0.770. The van der Waals surface area contributed by atoms with Gasteiger partial charge in [-0.15, -0.1) is 0 Å². The molecule has 1 amide bonds. The van der Waals surface area contributed by atoms with Gasteiger partial charge in [-0.05, 0) is 29.7 Å². The Bertz CT molecular complexity index is 594. The van der Waals surface area contributed by atoms with Gasteiger partial charge < -0.3 is 10.6 Å². The van der Waals surface area contributed by atoms with Gasteiger partial charge in [-0.3, -0.25) is 9.89 Å². The molecule has 0 radical (unpaired) electrons. The number of hydrogen-bond acceptors (Lipinski definition) is 4. The molecule has 20 heavy (non-hydrogen) atoms. The van der Waals surface area contributed by atoms with E-state index >= 15 is 0 Å². The minimum Gasteiger partial charge on any atom is -0.352 e. The fourth-order valence-electron chi connectivity index (χ4n) is 2.35. The summed E-state index contributed by atoms with van der Waals surface area (Å²) in [6.45, 7) is 2.38. The number of carbonyl (C=O) groups is 1. The predicted molar refractivity (Wildman–Crippen MR) is 74.0 cm³/mol. The maximum absolute atomic E-state index is 12.0. The van der Waals surface area contributed by atoms with E-state index in [4.69, 9.17) is 0 Å². The second-order valence-electron chi connectivity index (χ2n) is 4.88. The van der Waals surface area contributed by atoms with Crippen molar-refractivity contribution in [3.05, 3.63) is 47.0 Å². The molecule has 0 fully saturated rings. The number of benzene rings is 1. The minimum atomic E-state index is -0.0164. The maximum Gasteiger partial charge on any atom is 0.251 e. The summed E-state index contributed by atoms with van der Waals surface area (Å²) >= 11 is 0. The highest BCUT2D eigenvalue weighted by Crippen LogP contribution is 2.16. The van der Waals surface area contributed by atoms with Crippen molar-refractivity contribution in [2.45, 2.75) is 25.9 Å². The van der Waals surface area contributed by atoms with E-state index in [9.17, 15) is 4.79 Å². The summed E-state index contributed by atoms with van der Waals surface area (Å²) in [6.07, 6.45) is 3.12. The van der Waals surface area contributed by atoms with E-state index in [0.29, 0.717) is 6.54 Å². The number of aromatic amines is 1. The standard InChI is InChI=1S/C14H17N5O/c20-14(16-5-1-2-13-17-9-18-19-13)10-3-4-11-7-15-8-12(11)6-10/h3-4,6,9,15H,1-2,5,7-8H2,(H,16,20)(H,17,18,19). The molecule has 2 aromatic rings. The first kappa shape index (κ1) is 12.8. The van der Waals surface area contributed by atoms with Crippen molar-refractivity contribution in [2.75, 3.05) is 6.54 Å². The van der Waals surface area contributed by atoms with Crippen molar-refractivity contribution in [3.8, 4) is 0 Å². The van der Waals surface area contributed by atoms with E-state index in [1.807, 2.05) is 18.2 Å². The molecular weight excluding hydrogens is 254 g/mol. The van der Waals surface area contributed by atoms with E-state index in [2.05, 4.69) is 25.8 Å². The van der Waals surface area contributed by atoms with Crippen LogP contribution in [-0.2, 0) is 19.5 Å². The third kappa shape index (κ3) is 2.85. The number of aryl methyl sites for hydroxylation is 1. The highest BCUT2D eigenvalue weighted by atomic mass is 16.1. The number of nitrogens with zero attached hydrogens (tertiary/aromatic N) is 2. The Morgan fingerprint density at radius 1 is 1.30 bits per heavy atom. The van der Waals surface area contributed by atoms with Crippen LogP contribution in [0.5, 0.6) is 0 Å². The summed E-state index contributed by atoms with van der Waals surface area (Å²) in [6, 6.07) is 5.89. The minimum absolute atomic E-state index is 0.0164. The largest absolute Gasteiger partial charge is 0.352 e. The second-order valence-corrected chi connectivity index (χ2v) is 4.88. The average molecular weight is 271 g/mol. The number of aromatic nitrogens is 3. The molecule has 0 aliphatic carbocycles. The maximum atomic E-state index is 12.0. The molecule has 6 heteroatoms. The summed E-state index contributed by atoms with van der Waals surface area (Å²) in [5.41, 5.74) is 3.23. The molecule has 3 rings (SSSR count). The molecule has 0 saturated heterocycles. The van der Waals surface area contributed by atoms with E-state index in [-0.39, 0.29) is 5.91 Å². The van der Waals surface area contributed by atoms with Gasteiger partial charge in [-0.25, -0.2) is 4.98 Å². The normalized spacial score (nSPS) is 13.2. The van der Waals surface area contributed by atoms with Crippen LogP contribution in [0.2, 0.25) is 0 Å². The number of fused-ring (bicyclic) bond motifs is 1. The number of H-pyrrole nitrogens is 1. The summed E-state index contributed by atoms with van der Waals surface area (Å²) in [4.78, 5) is 16.1. The molecule has 104 valence electrons. The zero-order valence-electron chi connectivity index (χ0n) is 11.1. The van der Waals surface area contributed by atoms with Crippen LogP contribution < -0.4 is 10.6 Å². The van der Waals surface area contributed by atoms with E-state index in [1.165, 1.54) is 17.5 Å². The quantitative estimate of drug-likeness (QED) is 0.701. The molecule has 1 aromatic heterocycles. The first-order chi connectivity index (χ1) is 9.83. The molecular formula is C14H17N5O. The summed E-state index contributed by atoms with van der Waals surface area (Å²) in [5, 5.41) is 12.8. The van der Waals surface area contributed by atoms with Gasteiger partial charge in [0.15, 0.2) is 0 Å². The van der Waals surface area contributed by atoms with Crippen molar-refractivity contribution in [1.29, 1.82) is 0 Å². The van der Waals surface area contributed by atoms with Crippen LogP contribution in [0.15, 0.2) is 24.5 Å². The van der Waals surface area contributed by atoms with E-state index < -0.39 is 0 Å². The van der Waals surface area contributed by atoms with Crippen LogP contribution in [0.1, 0.15) is 33.7 Å². The van der Waals surface area contributed by atoms with Gasteiger partial charge in [-0.2, -0.15) is 5.10 Å². The molecule has 2 heterocycles. The van der Waals surface area contributed by atoms with Crippen molar-refractivity contribution < 1.29 is 4.79 Å². The molecule has 1 aromatic carbocycles. The van der Waals surface area contributed by atoms with Gasteiger partial charge in [0.05, 0.1) is 0 Å². The second kappa shape index (κ2) is 5.83. The summed E-state index contributed by atoms with van der Waals surface area (Å²) < 4.78 is 0. The third-order valence-corrected chi connectivity index (χ3v) is 3.44. The van der Waals surface area contributed by atoms with Gasteiger partial charge in [0.1, 0.15) is 12.2 Å². The third-order valence-electron chi connectivity index (χ3n) is 3.44. The molecule has 1 aliphatic heterocycles. The number of amides is 1. The van der Waals surface area contributed by atoms with Crippen molar-refractivity contribution in [3.63, 3.8) is 0 Å². The molecule has 0 atom stereocenters. The van der Waals surface area contributed by atoms with Crippen LogP contribution in [0.4, 0.5) is 0 Å². The lowest BCUT2D eigenvalue weighted by atomic mass is 10.1. The Morgan fingerprint density at radius 2 is 2.20 bits per heavy atom. The SMILES string of the molecule is O=C(NCCCc1ncn[nH]1)c1ccc2c(c1)CNC2. The zero-order valence-corrected chi connectivity index (χ0v) is 11.1. The fourth-order valence-corrected chi connectivity index (χ4v) is 2.35. The Kier molecular flexibility index (Phi) is 3.73. The van der Waals surface area contributed by atoms with Gasteiger partial charge >= 0.3 is 0 Å². The molecule has 1 aliphatic rings. The summed E-state index contributed by atoms with van der Waals surface area (Å²) in [7, 11) is 0. The lowest BCUT2D eigenvalue weighted by molar-refractivity contribution is 0.0953. The van der Waals surface area contributed by atoms with Crippen LogP contribution >= 0.6 is 0 Å². The smallest absolute Gasteiger partial charge is 0.251 e. The van der Waals surface area contributed by atoms with Crippen molar-refractivity contribution in [1.82, 2.24) is 25.8 Å². The van der Waals surface area contributed by atoms with Crippen LogP contribution in [-0.4, -0.2) is 27.6 Å².